The van der Waals surface area contributed by atoms with Gasteiger partial charge in [0.2, 0.25) is 0 Å². The van der Waals surface area contributed by atoms with E-state index in [1.54, 1.807) is 43.5 Å². The van der Waals surface area contributed by atoms with Crippen LogP contribution < -0.4 is 15.0 Å². The summed E-state index contributed by atoms with van der Waals surface area (Å²) in [5.74, 6) is -0.738. The Morgan fingerprint density at radius 2 is 1.81 bits per heavy atom. The first-order chi connectivity index (χ1) is 12.8. The Morgan fingerprint density at radius 1 is 1.15 bits per heavy atom. The van der Waals surface area contributed by atoms with Crippen molar-refractivity contribution in [1.29, 1.82) is 0 Å². The van der Waals surface area contributed by atoms with Crippen LogP contribution in [0, 0.1) is 10.5 Å². The maximum Gasteiger partial charge on any atom is 0.335 e. The molecule has 27 heavy (non-hydrogen) atoms. The lowest BCUT2D eigenvalue weighted by Crippen LogP contribution is -2.54. The van der Waals surface area contributed by atoms with Gasteiger partial charge in [0.1, 0.15) is 11.3 Å². The highest BCUT2D eigenvalue weighted by atomic mass is 127. The third-order valence-electron chi connectivity index (χ3n) is 3.93. The Balaban J connectivity index is 2.03. The summed E-state index contributed by atoms with van der Waals surface area (Å²) in [5, 5.41) is 2.22. The van der Waals surface area contributed by atoms with E-state index in [2.05, 4.69) is 43.8 Å². The number of urea groups is 1. The summed E-state index contributed by atoms with van der Waals surface area (Å²) in [6, 6.07) is 9.65. The monoisotopic (exact) mass is 540 g/mol. The van der Waals surface area contributed by atoms with Crippen LogP contribution in [0.4, 0.5) is 10.5 Å². The average molecular weight is 541 g/mol. The van der Waals surface area contributed by atoms with Crippen molar-refractivity contribution in [3.8, 4) is 5.75 Å². The van der Waals surface area contributed by atoms with Crippen LogP contribution in [0.5, 0.6) is 5.75 Å². The molecule has 138 valence electrons. The smallest absolute Gasteiger partial charge is 0.335 e. The topological polar surface area (TPSA) is 75.7 Å². The number of carbonyl (C=O) groups is 3. The number of aryl methyl sites for hydroxylation is 1. The molecule has 8 heteroatoms. The Bertz CT molecular complexity index is 963. The van der Waals surface area contributed by atoms with Crippen LogP contribution in [0.15, 0.2) is 46.4 Å². The van der Waals surface area contributed by atoms with E-state index in [1.807, 2.05) is 6.92 Å². The predicted molar refractivity (Wildman–Crippen MR) is 114 cm³/mol. The molecule has 1 aliphatic heterocycles. The second-order valence-electron chi connectivity index (χ2n) is 5.81. The summed E-state index contributed by atoms with van der Waals surface area (Å²) in [4.78, 5) is 38.3. The fourth-order valence-electron chi connectivity index (χ4n) is 2.61. The zero-order valence-corrected chi connectivity index (χ0v) is 18.1. The highest BCUT2D eigenvalue weighted by Gasteiger charge is 2.36. The maximum absolute atomic E-state index is 12.9. The molecule has 0 unspecified atom stereocenters. The van der Waals surface area contributed by atoms with E-state index in [4.69, 9.17) is 4.74 Å². The van der Waals surface area contributed by atoms with E-state index in [0.717, 1.165) is 14.0 Å². The van der Waals surface area contributed by atoms with Gasteiger partial charge in [0.25, 0.3) is 11.8 Å². The van der Waals surface area contributed by atoms with Crippen molar-refractivity contribution in [3.05, 3.63) is 61.1 Å². The van der Waals surface area contributed by atoms with Crippen molar-refractivity contribution in [2.75, 3.05) is 12.0 Å². The minimum absolute atomic E-state index is 0.122. The number of benzene rings is 2. The lowest BCUT2D eigenvalue weighted by molar-refractivity contribution is -0.122. The van der Waals surface area contributed by atoms with Crippen LogP contribution in [0.1, 0.15) is 11.1 Å². The van der Waals surface area contributed by atoms with E-state index in [9.17, 15) is 14.4 Å². The molecule has 3 rings (SSSR count). The molecule has 2 aromatic carbocycles. The Labute approximate surface area is 177 Å². The minimum atomic E-state index is -0.767. The number of anilines is 1. The number of nitrogens with one attached hydrogen (secondary N) is 1. The summed E-state index contributed by atoms with van der Waals surface area (Å²) in [5.41, 5.74) is 1.90. The SMILES string of the molecule is COc1c(Br)cc(/C=C2\C(=O)NC(=O)N(c3ccc(C)cc3)C2=O)cc1I. The fraction of sp³-hybridized carbons (Fsp3) is 0.105. The quantitative estimate of drug-likeness (QED) is 0.362. The van der Waals surface area contributed by atoms with Gasteiger partial charge < -0.3 is 4.74 Å². The first-order valence-corrected chi connectivity index (χ1v) is 9.70. The zero-order valence-electron chi connectivity index (χ0n) is 14.4. The number of barbiturate groups is 1. The molecule has 0 atom stereocenters. The molecule has 4 amide bonds. The van der Waals surface area contributed by atoms with Gasteiger partial charge in [-0.2, -0.15) is 0 Å². The molecular formula is C19H14BrIN2O4. The fourth-order valence-corrected chi connectivity index (χ4v) is 4.49. The molecule has 1 fully saturated rings. The van der Waals surface area contributed by atoms with E-state index in [1.165, 1.54) is 6.08 Å². The predicted octanol–water partition coefficient (Wildman–Crippen LogP) is 4.04. The van der Waals surface area contributed by atoms with Crippen molar-refractivity contribution in [2.24, 2.45) is 0 Å². The second-order valence-corrected chi connectivity index (χ2v) is 7.83. The first kappa shape index (κ1) is 19.6. The minimum Gasteiger partial charge on any atom is -0.494 e. The molecule has 0 bridgehead atoms. The molecule has 0 radical (unpaired) electrons. The molecule has 0 aromatic heterocycles. The number of imide groups is 2. The van der Waals surface area contributed by atoms with Crippen molar-refractivity contribution < 1.29 is 19.1 Å². The molecule has 1 saturated heterocycles. The van der Waals surface area contributed by atoms with Crippen molar-refractivity contribution in [3.63, 3.8) is 0 Å². The summed E-state index contributed by atoms with van der Waals surface area (Å²) in [6.07, 6.45) is 1.46. The number of carbonyl (C=O) groups excluding carboxylic acids is 3. The standard InChI is InChI=1S/C19H14BrIN2O4/c1-10-3-5-12(6-4-10)23-18(25)13(17(24)22-19(23)26)7-11-8-14(20)16(27-2)15(21)9-11/h3-9H,1-2H3,(H,22,24,26)/b13-7+. The number of nitrogens with zero attached hydrogens (tertiary/aromatic N) is 1. The molecule has 1 aliphatic rings. The molecule has 0 saturated carbocycles. The largest absolute Gasteiger partial charge is 0.494 e. The molecule has 1 N–H and O–H groups in total. The van der Waals surface area contributed by atoms with Gasteiger partial charge in [-0.25, -0.2) is 9.69 Å². The molecule has 0 aliphatic carbocycles. The van der Waals surface area contributed by atoms with Crippen LogP contribution in [0.25, 0.3) is 6.08 Å². The van der Waals surface area contributed by atoms with E-state index >= 15 is 0 Å². The van der Waals surface area contributed by atoms with Gasteiger partial charge in [-0.05, 0) is 81.3 Å². The van der Waals surface area contributed by atoms with Crippen LogP contribution >= 0.6 is 38.5 Å². The number of rotatable bonds is 3. The number of hydrogen-bond donors (Lipinski definition) is 1. The molecular weight excluding hydrogens is 527 g/mol. The number of halogens is 2. The van der Waals surface area contributed by atoms with Crippen molar-refractivity contribution >= 4 is 68.1 Å². The number of hydrogen-bond acceptors (Lipinski definition) is 4. The average Bonchev–Trinajstić information content (AvgIpc) is 2.60. The highest BCUT2D eigenvalue weighted by molar-refractivity contribution is 14.1. The third kappa shape index (κ3) is 3.91. The van der Waals surface area contributed by atoms with Crippen molar-refractivity contribution in [1.82, 2.24) is 5.32 Å². The molecule has 2 aromatic rings. The van der Waals surface area contributed by atoms with E-state index in [0.29, 0.717) is 21.5 Å². The van der Waals surface area contributed by atoms with E-state index < -0.39 is 17.8 Å². The van der Waals surface area contributed by atoms with Gasteiger partial charge in [-0.3, -0.25) is 14.9 Å². The summed E-state index contributed by atoms with van der Waals surface area (Å²) in [7, 11) is 1.56. The van der Waals surface area contributed by atoms with Crippen LogP contribution in [0.3, 0.4) is 0 Å². The van der Waals surface area contributed by atoms with Crippen LogP contribution in [-0.4, -0.2) is 25.0 Å². The van der Waals surface area contributed by atoms with Gasteiger partial charge in [0.15, 0.2) is 0 Å². The highest BCUT2D eigenvalue weighted by Crippen LogP contribution is 2.32. The van der Waals surface area contributed by atoms with E-state index in [-0.39, 0.29) is 5.57 Å². The van der Waals surface area contributed by atoms with Gasteiger partial charge in [0.05, 0.1) is 20.8 Å². The normalized spacial score (nSPS) is 15.9. The third-order valence-corrected chi connectivity index (χ3v) is 5.32. The summed E-state index contributed by atoms with van der Waals surface area (Å²) < 4.78 is 6.79. The Hall–Kier alpha value is -2.20. The summed E-state index contributed by atoms with van der Waals surface area (Å²) >= 11 is 5.51. The summed E-state index contributed by atoms with van der Waals surface area (Å²) in [6.45, 7) is 1.90. The van der Waals surface area contributed by atoms with Crippen molar-refractivity contribution in [2.45, 2.75) is 6.92 Å². The Morgan fingerprint density at radius 3 is 2.41 bits per heavy atom. The number of ether oxygens (including phenoxy) is 1. The first-order valence-electron chi connectivity index (χ1n) is 7.83. The van der Waals surface area contributed by atoms with Gasteiger partial charge in [-0.1, -0.05) is 17.7 Å². The maximum atomic E-state index is 12.9. The second kappa shape index (κ2) is 7.81. The lowest BCUT2D eigenvalue weighted by Gasteiger charge is -2.26. The number of amides is 4. The molecule has 6 nitrogen and oxygen atoms in total. The molecule has 1 heterocycles. The zero-order chi connectivity index (χ0) is 19.7. The van der Waals surface area contributed by atoms with Crippen LogP contribution in [0.2, 0.25) is 0 Å². The lowest BCUT2D eigenvalue weighted by atomic mass is 10.1. The Kier molecular flexibility index (Phi) is 5.66. The van der Waals surface area contributed by atoms with Gasteiger partial charge >= 0.3 is 6.03 Å². The number of methoxy groups -OCH3 is 1. The van der Waals surface area contributed by atoms with Gasteiger partial charge in [0, 0.05) is 0 Å². The molecule has 0 spiro atoms. The van der Waals surface area contributed by atoms with Crippen LogP contribution in [-0.2, 0) is 9.59 Å². The van der Waals surface area contributed by atoms with Gasteiger partial charge in [-0.15, -0.1) is 0 Å².